The van der Waals surface area contributed by atoms with Crippen LogP contribution in [-0.4, -0.2) is 10.5 Å². The van der Waals surface area contributed by atoms with Gasteiger partial charge in [-0.05, 0) is 0 Å². The van der Waals surface area contributed by atoms with E-state index in [4.69, 9.17) is 0 Å². The lowest BCUT2D eigenvalue weighted by molar-refractivity contribution is 1.21. The molecule has 0 bridgehead atoms. The van der Waals surface area contributed by atoms with E-state index >= 15 is 0 Å². The molecule has 1 saturated heterocycles. The van der Waals surface area contributed by atoms with E-state index in [0.29, 0.717) is 0 Å². The minimum atomic E-state index is 0.852. The summed E-state index contributed by atoms with van der Waals surface area (Å²) in [6.45, 7) is 0. The molecule has 0 aromatic heterocycles. The third kappa shape index (κ3) is 0.520. The quantitative estimate of drug-likeness (QED) is 0.427. The lowest BCUT2D eigenvalue weighted by Crippen LogP contribution is -1.86. The van der Waals surface area contributed by atoms with Crippen molar-refractivity contribution in [2.75, 3.05) is 0 Å². The van der Waals surface area contributed by atoms with Crippen molar-refractivity contribution < 1.29 is 0 Å². The van der Waals surface area contributed by atoms with Gasteiger partial charge in [-0.1, -0.05) is 24.3 Å². The van der Waals surface area contributed by atoms with Crippen LogP contribution < -0.4 is 0 Å². The molecule has 7 heavy (non-hydrogen) atoms. The SMILES string of the molecule is C1=C[C@@H]2S[C@@H]2C=C1. The first kappa shape index (κ1) is 3.79. The Morgan fingerprint density at radius 2 is 1.57 bits per heavy atom. The van der Waals surface area contributed by atoms with Crippen molar-refractivity contribution in [2.45, 2.75) is 10.5 Å². The molecule has 0 aromatic carbocycles. The second-order valence-electron chi connectivity index (χ2n) is 1.84. The van der Waals surface area contributed by atoms with Gasteiger partial charge in [-0.3, -0.25) is 0 Å². The molecule has 1 heteroatoms. The maximum atomic E-state index is 2.26. The lowest BCUT2D eigenvalue weighted by atomic mass is 10.2. The lowest BCUT2D eigenvalue weighted by Gasteiger charge is -1.84. The molecule has 1 fully saturated rings. The fraction of sp³-hybridized carbons (Fsp3) is 0.333. The van der Waals surface area contributed by atoms with E-state index in [1.807, 2.05) is 11.8 Å². The van der Waals surface area contributed by atoms with Crippen LogP contribution in [0.25, 0.3) is 0 Å². The van der Waals surface area contributed by atoms with Crippen LogP contribution in [0.3, 0.4) is 0 Å². The molecule has 0 unspecified atom stereocenters. The maximum absolute atomic E-state index is 2.26. The predicted octanol–water partition coefficient (Wildman–Crippen LogP) is 1.60. The minimum Gasteiger partial charge on any atom is -0.144 e. The first-order valence-corrected chi connectivity index (χ1v) is 3.41. The monoisotopic (exact) mass is 110 g/mol. The van der Waals surface area contributed by atoms with Gasteiger partial charge in [-0.25, -0.2) is 0 Å². The molecule has 0 amide bonds. The first-order valence-electron chi connectivity index (χ1n) is 2.47. The number of fused-ring (bicyclic) bond motifs is 1. The van der Waals surface area contributed by atoms with Crippen molar-refractivity contribution in [3.8, 4) is 0 Å². The van der Waals surface area contributed by atoms with Gasteiger partial charge in [0.2, 0.25) is 0 Å². The van der Waals surface area contributed by atoms with E-state index in [1.54, 1.807) is 0 Å². The summed E-state index contributed by atoms with van der Waals surface area (Å²) >= 11 is 2.03. The van der Waals surface area contributed by atoms with Crippen molar-refractivity contribution in [1.29, 1.82) is 0 Å². The summed E-state index contributed by atoms with van der Waals surface area (Å²) in [7, 11) is 0. The molecule has 0 spiro atoms. The molecule has 2 rings (SSSR count). The average Bonchev–Trinajstić information content (AvgIpc) is 2.41. The third-order valence-corrected chi connectivity index (χ3v) is 2.49. The van der Waals surface area contributed by atoms with Gasteiger partial charge in [0.1, 0.15) is 0 Å². The van der Waals surface area contributed by atoms with Gasteiger partial charge in [-0.2, -0.15) is 0 Å². The largest absolute Gasteiger partial charge is 0.144 e. The number of rotatable bonds is 0. The Labute approximate surface area is 47.3 Å². The third-order valence-electron chi connectivity index (χ3n) is 1.27. The van der Waals surface area contributed by atoms with Crippen molar-refractivity contribution in [1.82, 2.24) is 0 Å². The van der Waals surface area contributed by atoms with E-state index in [1.165, 1.54) is 0 Å². The Balaban J connectivity index is 2.28. The fourth-order valence-electron chi connectivity index (χ4n) is 0.793. The molecule has 2 aliphatic rings. The van der Waals surface area contributed by atoms with Crippen LogP contribution in [0, 0.1) is 0 Å². The van der Waals surface area contributed by atoms with E-state index in [-0.39, 0.29) is 0 Å². The molecule has 36 valence electrons. The maximum Gasteiger partial charge on any atom is 0.0391 e. The smallest absolute Gasteiger partial charge is 0.0391 e. The zero-order valence-corrected chi connectivity index (χ0v) is 4.69. The Morgan fingerprint density at radius 1 is 1.00 bits per heavy atom. The van der Waals surface area contributed by atoms with Crippen LogP contribution in [0.1, 0.15) is 0 Å². The Kier molecular flexibility index (Phi) is 0.627. The van der Waals surface area contributed by atoms with E-state index in [9.17, 15) is 0 Å². The minimum absolute atomic E-state index is 0.852. The van der Waals surface area contributed by atoms with Gasteiger partial charge in [0.15, 0.2) is 0 Å². The Morgan fingerprint density at radius 3 is 2.00 bits per heavy atom. The molecular weight excluding hydrogens is 104 g/mol. The topological polar surface area (TPSA) is 0 Å². The molecule has 0 saturated carbocycles. The van der Waals surface area contributed by atoms with Crippen molar-refractivity contribution >= 4 is 11.8 Å². The van der Waals surface area contributed by atoms with Gasteiger partial charge >= 0.3 is 0 Å². The first-order chi connectivity index (χ1) is 3.47. The normalized spacial score (nSPS) is 43.4. The molecule has 0 radical (unpaired) electrons. The Hall–Kier alpha value is -0.170. The molecule has 0 aromatic rings. The van der Waals surface area contributed by atoms with E-state index in [0.717, 1.165) is 10.5 Å². The number of allylic oxidation sites excluding steroid dienone is 2. The molecule has 0 nitrogen and oxygen atoms in total. The highest BCUT2D eigenvalue weighted by Crippen LogP contribution is 2.44. The molecular formula is C6H6S. The van der Waals surface area contributed by atoms with Gasteiger partial charge in [-0.15, -0.1) is 11.8 Å². The van der Waals surface area contributed by atoms with Crippen LogP contribution in [-0.2, 0) is 0 Å². The van der Waals surface area contributed by atoms with Crippen molar-refractivity contribution in [2.24, 2.45) is 0 Å². The van der Waals surface area contributed by atoms with E-state index < -0.39 is 0 Å². The van der Waals surface area contributed by atoms with Crippen LogP contribution in [0.2, 0.25) is 0 Å². The summed E-state index contributed by atoms with van der Waals surface area (Å²) in [5.41, 5.74) is 0. The van der Waals surface area contributed by atoms with Crippen LogP contribution in [0.15, 0.2) is 24.3 Å². The Bertz CT molecular complexity index is 119. The highest BCUT2D eigenvalue weighted by atomic mass is 32.2. The molecule has 1 heterocycles. The summed E-state index contributed by atoms with van der Waals surface area (Å²) in [4.78, 5) is 0. The fourth-order valence-corrected chi connectivity index (χ4v) is 1.61. The van der Waals surface area contributed by atoms with Gasteiger partial charge in [0, 0.05) is 10.5 Å². The molecule has 1 aliphatic carbocycles. The second-order valence-corrected chi connectivity index (χ2v) is 3.20. The van der Waals surface area contributed by atoms with Gasteiger partial charge in [0.25, 0.3) is 0 Å². The summed E-state index contributed by atoms with van der Waals surface area (Å²) in [6, 6.07) is 0. The van der Waals surface area contributed by atoms with Crippen LogP contribution >= 0.6 is 11.8 Å². The molecule has 0 N–H and O–H groups in total. The molecule has 1 aliphatic heterocycles. The zero-order valence-electron chi connectivity index (χ0n) is 3.87. The van der Waals surface area contributed by atoms with E-state index in [2.05, 4.69) is 24.3 Å². The number of thioether (sulfide) groups is 1. The van der Waals surface area contributed by atoms with Crippen LogP contribution in [0.5, 0.6) is 0 Å². The summed E-state index contributed by atoms with van der Waals surface area (Å²) in [5.74, 6) is 0. The van der Waals surface area contributed by atoms with Gasteiger partial charge in [0.05, 0.1) is 0 Å². The predicted molar refractivity (Wildman–Crippen MR) is 33.4 cm³/mol. The summed E-state index contributed by atoms with van der Waals surface area (Å²) in [5, 5.41) is 1.70. The highest BCUT2D eigenvalue weighted by Gasteiger charge is 2.34. The summed E-state index contributed by atoms with van der Waals surface area (Å²) in [6.07, 6.45) is 8.77. The molecule has 2 atom stereocenters. The van der Waals surface area contributed by atoms with Crippen molar-refractivity contribution in [3.63, 3.8) is 0 Å². The number of hydrogen-bond acceptors (Lipinski definition) is 1. The average molecular weight is 110 g/mol. The van der Waals surface area contributed by atoms with Crippen LogP contribution in [0.4, 0.5) is 0 Å². The number of hydrogen-bond donors (Lipinski definition) is 0. The summed E-state index contributed by atoms with van der Waals surface area (Å²) < 4.78 is 0. The van der Waals surface area contributed by atoms with Gasteiger partial charge < -0.3 is 0 Å². The highest BCUT2D eigenvalue weighted by molar-refractivity contribution is 8.08. The zero-order chi connectivity index (χ0) is 4.69. The second kappa shape index (κ2) is 1.16. The standard InChI is InChI=1S/C6H6S/c1-2-4-6-5(3-1)7-6/h1-6H/t5-,6+. The van der Waals surface area contributed by atoms with Crippen molar-refractivity contribution in [3.05, 3.63) is 24.3 Å².